The Kier molecular flexibility index (Phi) is 3.58. The molecule has 2 nitrogen and oxygen atoms in total. The fourth-order valence-electron chi connectivity index (χ4n) is 0.846. The van der Waals surface area contributed by atoms with E-state index >= 15 is 0 Å². The first-order valence-electron chi connectivity index (χ1n) is 3.67. The van der Waals surface area contributed by atoms with Crippen molar-refractivity contribution in [2.75, 3.05) is 12.3 Å². The summed E-state index contributed by atoms with van der Waals surface area (Å²) >= 11 is 5.26. The molecule has 70 valence electrons. The summed E-state index contributed by atoms with van der Waals surface area (Å²) in [5.74, 6) is -0.403. The van der Waals surface area contributed by atoms with Gasteiger partial charge in [-0.2, -0.15) is 0 Å². The zero-order valence-electron chi connectivity index (χ0n) is 6.84. The van der Waals surface area contributed by atoms with Crippen molar-refractivity contribution in [3.63, 3.8) is 0 Å². The Labute approximate surface area is 80.8 Å². The molecule has 0 aliphatic carbocycles. The lowest BCUT2D eigenvalue weighted by molar-refractivity contribution is 0.344. The zero-order valence-corrected chi connectivity index (χ0v) is 7.59. The third-order valence-corrected chi connectivity index (χ3v) is 1.59. The number of halogens is 2. The van der Waals surface area contributed by atoms with Gasteiger partial charge in [0.15, 0.2) is 11.6 Å². The molecule has 0 heterocycles. The van der Waals surface area contributed by atoms with E-state index in [9.17, 15) is 4.39 Å². The highest BCUT2D eigenvalue weighted by molar-refractivity contribution is 6.25. The standard InChI is InChI=1S/C9H9ClFNO/c10-5-2-6-13-9-7(11)3-1-4-8(9)12/h1-5H,6,12H2/b5-2+. The number of rotatable bonds is 3. The number of anilines is 1. The number of ether oxygens (including phenoxy) is 1. The topological polar surface area (TPSA) is 35.2 Å². The van der Waals surface area contributed by atoms with Gasteiger partial charge in [0.05, 0.1) is 5.69 Å². The van der Waals surface area contributed by atoms with Crippen LogP contribution >= 0.6 is 11.6 Å². The number of nitrogens with two attached hydrogens (primary N) is 1. The van der Waals surface area contributed by atoms with Crippen molar-refractivity contribution in [3.8, 4) is 5.75 Å². The normalized spacial score (nSPS) is 10.6. The van der Waals surface area contributed by atoms with Gasteiger partial charge in [0.2, 0.25) is 0 Å². The van der Waals surface area contributed by atoms with Gasteiger partial charge in [-0.25, -0.2) is 4.39 Å². The Morgan fingerprint density at radius 1 is 1.54 bits per heavy atom. The van der Waals surface area contributed by atoms with E-state index in [0.717, 1.165) is 0 Å². The van der Waals surface area contributed by atoms with Crippen LogP contribution in [0.25, 0.3) is 0 Å². The molecule has 0 aromatic heterocycles. The predicted molar refractivity (Wildman–Crippen MR) is 51.3 cm³/mol. The maximum atomic E-state index is 13.0. The lowest BCUT2D eigenvalue weighted by Gasteiger charge is -2.06. The van der Waals surface area contributed by atoms with Gasteiger partial charge in [0, 0.05) is 5.54 Å². The summed E-state index contributed by atoms with van der Waals surface area (Å²) in [6.45, 7) is 0.203. The minimum absolute atomic E-state index is 0.0669. The van der Waals surface area contributed by atoms with E-state index < -0.39 is 5.82 Å². The Morgan fingerprint density at radius 3 is 2.92 bits per heavy atom. The first-order chi connectivity index (χ1) is 6.25. The molecule has 0 amide bonds. The second-order valence-electron chi connectivity index (χ2n) is 2.33. The molecule has 0 spiro atoms. The van der Waals surface area contributed by atoms with Crippen molar-refractivity contribution in [3.05, 3.63) is 35.6 Å². The highest BCUT2D eigenvalue weighted by atomic mass is 35.5. The van der Waals surface area contributed by atoms with E-state index in [1.807, 2.05) is 0 Å². The second-order valence-corrected chi connectivity index (χ2v) is 2.58. The summed E-state index contributed by atoms with van der Waals surface area (Å²) in [6.07, 6.45) is 1.55. The quantitative estimate of drug-likeness (QED) is 0.763. The largest absolute Gasteiger partial charge is 0.484 e. The van der Waals surface area contributed by atoms with Gasteiger partial charge in [-0.3, -0.25) is 0 Å². The Hall–Kier alpha value is -1.22. The summed E-state index contributed by atoms with van der Waals surface area (Å²) in [5, 5.41) is 0. The highest BCUT2D eigenvalue weighted by Crippen LogP contribution is 2.24. The molecule has 4 heteroatoms. The van der Waals surface area contributed by atoms with Crippen molar-refractivity contribution in [1.29, 1.82) is 0 Å². The monoisotopic (exact) mass is 201 g/mol. The van der Waals surface area contributed by atoms with Gasteiger partial charge < -0.3 is 10.5 Å². The highest BCUT2D eigenvalue weighted by Gasteiger charge is 2.05. The van der Waals surface area contributed by atoms with E-state index in [0.29, 0.717) is 0 Å². The second kappa shape index (κ2) is 4.72. The molecule has 0 saturated heterocycles. The van der Waals surface area contributed by atoms with Crippen LogP contribution in [0.15, 0.2) is 29.8 Å². The van der Waals surface area contributed by atoms with Crippen molar-refractivity contribution >= 4 is 17.3 Å². The van der Waals surface area contributed by atoms with E-state index in [1.54, 1.807) is 12.1 Å². The molecule has 13 heavy (non-hydrogen) atoms. The Morgan fingerprint density at radius 2 is 2.31 bits per heavy atom. The molecular weight excluding hydrogens is 193 g/mol. The van der Waals surface area contributed by atoms with Crippen LogP contribution in [0, 0.1) is 5.82 Å². The SMILES string of the molecule is Nc1cccc(F)c1OC/C=C/Cl. The fourth-order valence-corrected chi connectivity index (χ4v) is 0.918. The molecule has 0 radical (unpaired) electrons. The molecule has 0 fully saturated rings. The van der Waals surface area contributed by atoms with Gasteiger partial charge in [-0.05, 0) is 18.2 Å². The smallest absolute Gasteiger partial charge is 0.178 e. The average molecular weight is 202 g/mol. The van der Waals surface area contributed by atoms with Crippen LogP contribution in [0.5, 0.6) is 5.75 Å². The number of para-hydroxylation sites is 1. The van der Waals surface area contributed by atoms with Gasteiger partial charge in [-0.1, -0.05) is 17.7 Å². The fraction of sp³-hybridized carbons (Fsp3) is 0.111. The van der Waals surface area contributed by atoms with Crippen LogP contribution in [-0.4, -0.2) is 6.61 Å². The first-order valence-corrected chi connectivity index (χ1v) is 4.11. The molecule has 2 N–H and O–H groups in total. The number of benzene rings is 1. The molecule has 0 unspecified atom stereocenters. The van der Waals surface area contributed by atoms with Crippen molar-refractivity contribution in [2.24, 2.45) is 0 Å². The van der Waals surface area contributed by atoms with Crippen LogP contribution < -0.4 is 10.5 Å². The molecule has 1 rings (SSSR count). The van der Waals surface area contributed by atoms with Crippen molar-refractivity contribution in [2.45, 2.75) is 0 Å². The molecule has 0 aliphatic heterocycles. The van der Waals surface area contributed by atoms with E-state index in [-0.39, 0.29) is 18.0 Å². The lowest BCUT2D eigenvalue weighted by atomic mass is 10.3. The molecular formula is C9H9ClFNO. The van der Waals surface area contributed by atoms with Crippen LogP contribution in [0.2, 0.25) is 0 Å². The zero-order chi connectivity index (χ0) is 9.68. The maximum absolute atomic E-state index is 13.0. The minimum Gasteiger partial charge on any atom is -0.484 e. The predicted octanol–water partition coefficient (Wildman–Crippen LogP) is 2.54. The number of hydrogen-bond donors (Lipinski definition) is 1. The van der Waals surface area contributed by atoms with Gasteiger partial charge in [-0.15, -0.1) is 0 Å². The number of hydrogen-bond acceptors (Lipinski definition) is 2. The van der Waals surface area contributed by atoms with Crippen LogP contribution in [0.1, 0.15) is 0 Å². The summed E-state index contributed by atoms with van der Waals surface area (Å²) in [5.41, 5.74) is 7.06. The minimum atomic E-state index is -0.469. The van der Waals surface area contributed by atoms with E-state index in [4.69, 9.17) is 22.1 Å². The molecule has 0 aliphatic rings. The molecule has 0 saturated carbocycles. The molecule has 0 bridgehead atoms. The van der Waals surface area contributed by atoms with Crippen LogP contribution in [0.4, 0.5) is 10.1 Å². The van der Waals surface area contributed by atoms with Gasteiger partial charge in [0.1, 0.15) is 6.61 Å². The van der Waals surface area contributed by atoms with E-state index in [2.05, 4.69) is 0 Å². The Bertz CT molecular complexity index is 294. The van der Waals surface area contributed by atoms with Crippen LogP contribution in [-0.2, 0) is 0 Å². The van der Waals surface area contributed by atoms with Crippen molar-refractivity contribution < 1.29 is 9.13 Å². The number of nitrogen functional groups attached to an aromatic ring is 1. The summed E-state index contributed by atoms with van der Waals surface area (Å²) in [4.78, 5) is 0. The average Bonchev–Trinajstić information content (AvgIpc) is 2.10. The maximum Gasteiger partial charge on any atom is 0.178 e. The summed E-state index contributed by atoms with van der Waals surface area (Å²) in [7, 11) is 0. The first kappa shape index (κ1) is 9.86. The molecule has 1 aromatic carbocycles. The van der Waals surface area contributed by atoms with E-state index in [1.165, 1.54) is 17.7 Å². The van der Waals surface area contributed by atoms with Crippen LogP contribution in [0.3, 0.4) is 0 Å². The summed E-state index contributed by atoms with van der Waals surface area (Å²) in [6, 6.07) is 4.38. The third-order valence-electron chi connectivity index (χ3n) is 1.41. The molecule has 1 aromatic rings. The third kappa shape index (κ3) is 2.63. The molecule has 0 atom stereocenters. The summed E-state index contributed by atoms with van der Waals surface area (Å²) < 4.78 is 18.1. The lowest BCUT2D eigenvalue weighted by Crippen LogP contribution is -1.99. The van der Waals surface area contributed by atoms with Gasteiger partial charge in [0.25, 0.3) is 0 Å². The van der Waals surface area contributed by atoms with Gasteiger partial charge >= 0.3 is 0 Å². The Balaban J connectivity index is 2.75. The van der Waals surface area contributed by atoms with Crippen molar-refractivity contribution in [1.82, 2.24) is 0 Å².